The molecule has 0 bridgehead atoms. The van der Waals surface area contributed by atoms with Crippen LogP contribution in [-0.2, 0) is 19.1 Å². The number of amides is 2. The number of esters is 1. The Morgan fingerprint density at radius 1 is 1.24 bits per heavy atom. The number of aryl methyl sites for hydroxylation is 1. The summed E-state index contributed by atoms with van der Waals surface area (Å²) in [5.41, 5.74) is 10.6. The molecule has 0 radical (unpaired) electrons. The van der Waals surface area contributed by atoms with E-state index in [4.69, 9.17) is 10.5 Å². The number of likely N-dealkylation sites (tertiary alicyclic amines) is 1. The molecule has 2 heterocycles. The Morgan fingerprint density at radius 3 is 2.41 bits per heavy atom. The van der Waals surface area contributed by atoms with E-state index >= 15 is 0 Å². The number of carbonyl (C=O) groups is 3. The highest BCUT2D eigenvalue weighted by Crippen LogP contribution is 2.29. The fraction of sp³-hybridized carbons (Fsp3) is 0.520. The van der Waals surface area contributed by atoms with Gasteiger partial charge in [0, 0.05) is 13.3 Å². The molecule has 2 aromatic rings. The van der Waals surface area contributed by atoms with Crippen molar-refractivity contribution in [3.63, 3.8) is 0 Å². The fourth-order valence-electron chi connectivity index (χ4n) is 4.05. The predicted octanol–water partition coefficient (Wildman–Crippen LogP) is 3.20. The maximum atomic E-state index is 13.3. The third kappa shape index (κ3) is 5.82. The van der Waals surface area contributed by atoms with Crippen LogP contribution in [0.5, 0.6) is 0 Å². The number of nitrogens with one attached hydrogen (secondary N) is 1. The molecule has 0 saturated carbocycles. The largest absolute Gasteiger partial charge is 0.461 e. The summed E-state index contributed by atoms with van der Waals surface area (Å²) < 4.78 is 5.33. The number of aromatic nitrogens is 1. The molecule has 1 fully saturated rings. The zero-order chi connectivity index (χ0) is 25.2. The monoisotopic (exact) mass is 486 g/mol. The molecule has 1 aliphatic rings. The van der Waals surface area contributed by atoms with Crippen LogP contribution in [0.25, 0.3) is 10.4 Å². The van der Waals surface area contributed by atoms with Gasteiger partial charge in [0.15, 0.2) is 0 Å². The molecule has 1 aromatic carbocycles. The van der Waals surface area contributed by atoms with Crippen LogP contribution in [0.3, 0.4) is 0 Å². The first-order valence-electron chi connectivity index (χ1n) is 11.4. The van der Waals surface area contributed by atoms with Gasteiger partial charge in [0.1, 0.15) is 12.1 Å². The van der Waals surface area contributed by atoms with Gasteiger partial charge in [0.25, 0.3) is 0 Å². The van der Waals surface area contributed by atoms with Gasteiger partial charge in [0.2, 0.25) is 11.8 Å². The van der Waals surface area contributed by atoms with Crippen molar-refractivity contribution in [2.24, 2.45) is 11.1 Å². The van der Waals surface area contributed by atoms with Crippen LogP contribution in [0.4, 0.5) is 0 Å². The lowest BCUT2D eigenvalue weighted by atomic mass is 9.86. The van der Waals surface area contributed by atoms with Crippen LogP contribution in [0.2, 0.25) is 0 Å². The number of carbonyl (C=O) groups excluding carboxylic acids is 3. The molecular weight excluding hydrogens is 452 g/mol. The second kappa shape index (κ2) is 10.2. The standard InChI is InChI=1S/C25H34N4O4S/c1-14(17-7-9-18(10-8-17)21-15(2)27-13-34-21)28-23(31)20-11-19(33-16(3)30)12-29(20)24(32)22(26)25(4,5)6/h7-10,13-14,19-20,22H,11-12,26H2,1-6H3,(H,28,31)/t14-,19+,20+,22+/m0/s1. The quantitative estimate of drug-likeness (QED) is 0.606. The predicted molar refractivity (Wildman–Crippen MR) is 132 cm³/mol. The van der Waals surface area contributed by atoms with Gasteiger partial charge in [0.05, 0.1) is 34.7 Å². The Labute approximate surface area is 204 Å². The normalized spacial score (nSPS) is 20.0. The van der Waals surface area contributed by atoms with Crippen molar-refractivity contribution < 1.29 is 19.1 Å². The lowest BCUT2D eigenvalue weighted by Gasteiger charge is -2.32. The van der Waals surface area contributed by atoms with E-state index in [-0.39, 0.29) is 30.8 Å². The minimum absolute atomic E-state index is 0.150. The Hall–Kier alpha value is -2.78. The zero-order valence-electron chi connectivity index (χ0n) is 20.6. The van der Waals surface area contributed by atoms with Crippen LogP contribution < -0.4 is 11.1 Å². The number of benzene rings is 1. The van der Waals surface area contributed by atoms with Gasteiger partial charge in [-0.15, -0.1) is 11.3 Å². The molecule has 184 valence electrons. The lowest BCUT2D eigenvalue weighted by molar-refractivity contribution is -0.147. The van der Waals surface area contributed by atoms with Gasteiger partial charge in [-0.25, -0.2) is 4.98 Å². The van der Waals surface area contributed by atoms with Gasteiger partial charge in [-0.1, -0.05) is 45.0 Å². The van der Waals surface area contributed by atoms with Crippen LogP contribution in [0.15, 0.2) is 29.8 Å². The number of nitrogens with zero attached hydrogens (tertiary/aromatic N) is 2. The topological polar surface area (TPSA) is 115 Å². The Kier molecular flexibility index (Phi) is 7.77. The van der Waals surface area contributed by atoms with Crippen LogP contribution in [0, 0.1) is 12.3 Å². The number of hydrogen-bond acceptors (Lipinski definition) is 7. The van der Waals surface area contributed by atoms with Crippen molar-refractivity contribution >= 4 is 29.1 Å². The number of hydrogen-bond donors (Lipinski definition) is 2. The van der Waals surface area contributed by atoms with Crippen LogP contribution in [0.1, 0.15) is 58.3 Å². The second-order valence-corrected chi connectivity index (χ2v) is 10.8. The highest BCUT2D eigenvalue weighted by molar-refractivity contribution is 7.13. The molecular formula is C25H34N4O4S. The third-order valence-electron chi connectivity index (χ3n) is 6.16. The molecule has 9 heteroatoms. The molecule has 1 aromatic heterocycles. The molecule has 3 N–H and O–H groups in total. The fourth-order valence-corrected chi connectivity index (χ4v) is 4.87. The summed E-state index contributed by atoms with van der Waals surface area (Å²) in [5.74, 6) is -1.05. The first-order chi connectivity index (χ1) is 15.9. The molecule has 0 unspecified atom stereocenters. The SMILES string of the molecule is CC(=O)O[C@@H]1C[C@H](C(=O)N[C@@H](C)c2ccc(-c3scnc3C)cc2)N(C(=O)[C@@H](N)C(C)(C)C)C1. The molecule has 4 atom stereocenters. The first-order valence-corrected chi connectivity index (χ1v) is 12.3. The van der Waals surface area contributed by atoms with E-state index < -0.39 is 29.6 Å². The van der Waals surface area contributed by atoms with Crippen molar-refractivity contribution in [2.75, 3.05) is 6.54 Å². The number of nitrogens with two attached hydrogens (primary N) is 1. The van der Waals surface area contributed by atoms with E-state index in [0.29, 0.717) is 0 Å². The van der Waals surface area contributed by atoms with E-state index in [1.165, 1.54) is 11.8 Å². The van der Waals surface area contributed by atoms with E-state index in [0.717, 1.165) is 21.7 Å². The van der Waals surface area contributed by atoms with Gasteiger partial charge >= 0.3 is 5.97 Å². The molecule has 1 aliphatic heterocycles. The average Bonchev–Trinajstić information content (AvgIpc) is 3.37. The van der Waals surface area contributed by atoms with Gasteiger partial charge in [-0.2, -0.15) is 0 Å². The van der Waals surface area contributed by atoms with E-state index in [2.05, 4.69) is 10.3 Å². The van der Waals surface area contributed by atoms with E-state index in [1.807, 2.05) is 64.4 Å². The summed E-state index contributed by atoms with van der Waals surface area (Å²) in [7, 11) is 0. The molecule has 1 saturated heterocycles. The van der Waals surface area contributed by atoms with E-state index in [9.17, 15) is 14.4 Å². The lowest BCUT2D eigenvalue weighted by Crippen LogP contribution is -2.55. The highest BCUT2D eigenvalue weighted by atomic mass is 32.1. The summed E-state index contributed by atoms with van der Waals surface area (Å²) in [6.07, 6.45) is -0.300. The summed E-state index contributed by atoms with van der Waals surface area (Å²) >= 11 is 1.59. The molecule has 34 heavy (non-hydrogen) atoms. The Balaban J connectivity index is 1.74. The van der Waals surface area contributed by atoms with Gasteiger partial charge in [-0.3, -0.25) is 14.4 Å². The van der Waals surface area contributed by atoms with Crippen LogP contribution >= 0.6 is 11.3 Å². The minimum Gasteiger partial charge on any atom is -0.461 e. The Morgan fingerprint density at radius 2 is 1.88 bits per heavy atom. The molecule has 0 spiro atoms. The summed E-state index contributed by atoms with van der Waals surface area (Å²) in [5, 5.41) is 3.02. The van der Waals surface area contributed by atoms with Crippen molar-refractivity contribution in [3.8, 4) is 10.4 Å². The highest BCUT2D eigenvalue weighted by Gasteiger charge is 2.44. The maximum Gasteiger partial charge on any atom is 0.302 e. The smallest absolute Gasteiger partial charge is 0.302 e. The molecule has 0 aliphatic carbocycles. The van der Waals surface area contributed by atoms with Crippen molar-refractivity contribution in [1.82, 2.24) is 15.2 Å². The minimum atomic E-state index is -0.779. The maximum absolute atomic E-state index is 13.3. The number of ether oxygens (including phenoxy) is 1. The van der Waals surface area contributed by atoms with Crippen molar-refractivity contribution in [2.45, 2.75) is 72.2 Å². The molecule has 8 nitrogen and oxygen atoms in total. The number of rotatable bonds is 6. The molecule has 3 rings (SSSR count). The van der Waals surface area contributed by atoms with Crippen LogP contribution in [-0.4, -0.2) is 52.4 Å². The van der Waals surface area contributed by atoms with Crippen molar-refractivity contribution in [3.05, 3.63) is 41.0 Å². The summed E-state index contributed by atoms with van der Waals surface area (Å²) in [6, 6.07) is 6.19. The van der Waals surface area contributed by atoms with Gasteiger partial charge < -0.3 is 20.7 Å². The number of thiazole rings is 1. The van der Waals surface area contributed by atoms with Gasteiger partial charge in [-0.05, 0) is 30.4 Å². The second-order valence-electron chi connectivity index (χ2n) is 9.94. The van der Waals surface area contributed by atoms with Crippen molar-refractivity contribution in [1.29, 1.82) is 0 Å². The van der Waals surface area contributed by atoms with E-state index in [1.54, 1.807) is 11.3 Å². The zero-order valence-corrected chi connectivity index (χ0v) is 21.4. The Bertz CT molecular complexity index is 1040. The summed E-state index contributed by atoms with van der Waals surface area (Å²) in [6.45, 7) is 11.0. The summed E-state index contributed by atoms with van der Waals surface area (Å²) in [4.78, 5) is 44.8. The third-order valence-corrected chi connectivity index (χ3v) is 7.13. The molecule has 2 amide bonds. The first kappa shape index (κ1) is 25.8. The average molecular weight is 487 g/mol.